The largest absolute Gasteiger partial charge is 0.352 e. The average molecular weight is 406 g/mol. The van der Waals surface area contributed by atoms with Gasteiger partial charge in [0.2, 0.25) is 0 Å². The van der Waals surface area contributed by atoms with Crippen LogP contribution in [0.1, 0.15) is 36.7 Å². The Labute approximate surface area is 178 Å². The molecule has 7 heteroatoms. The Balaban J connectivity index is 1.26. The van der Waals surface area contributed by atoms with E-state index in [1.165, 1.54) is 37.1 Å². The van der Waals surface area contributed by atoms with E-state index in [0.29, 0.717) is 6.54 Å². The van der Waals surface area contributed by atoms with Crippen LogP contribution in [-0.4, -0.2) is 45.6 Å². The summed E-state index contributed by atoms with van der Waals surface area (Å²) in [6.07, 6.45) is 4.65. The summed E-state index contributed by atoms with van der Waals surface area (Å²) in [6.45, 7) is 7.11. The van der Waals surface area contributed by atoms with Crippen molar-refractivity contribution in [1.82, 2.24) is 30.1 Å². The second kappa shape index (κ2) is 9.71. The number of nitrogens with zero attached hydrogens (tertiary/aromatic N) is 5. The van der Waals surface area contributed by atoms with Crippen molar-refractivity contribution in [3.63, 3.8) is 0 Å². The molecule has 1 atom stereocenters. The van der Waals surface area contributed by atoms with Crippen LogP contribution < -0.4 is 10.6 Å². The van der Waals surface area contributed by atoms with E-state index in [-0.39, 0.29) is 0 Å². The van der Waals surface area contributed by atoms with Gasteiger partial charge in [0, 0.05) is 32.9 Å². The molecule has 0 saturated carbocycles. The van der Waals surface area contributed by atoms with Crippen LogP contribution in [0.4, 0.5) is 0 Å². The maximum atomic E-state index is 4.31. The Bertz CT molecular complexity index is 977. The lowest BCUT2D eigenvalue weighted by molar-refractivity contribution is 0.176. The molecule has 1 aliphatic heterocycles. The van der Waals surface area contributed by atoms with Crippen molar-refractivity contribution in [3.8, 4) is 0 Å². The number of benzene rings is 1. The molecule has 0 radical (unpaired) electrons. The van der Waals surface area contributed by atoms with Crippen molar-refractivity contribution in [3.05, 3.63) is 65.6 Å². The van der Waals surface area contributed by atoms with Gasteiger partial charge in [-0.25, -0.2) is 0 Å². The maximum absolute atomic E-state index is 4.31. The van der Waals surface area contributed by atoms with Gasteiger partial charge in [0.25, 0.3) is 0 Å². The van der Waals surface area contributed by atoms with Gasteiger partial charge < -0.3 is 10.6 Å². The molecule has 3 heterocycles. The number of pyridine rings is 1. The molecule has 0 amide bonds. The van der Waals surface area contributed by atoms with E-state index < -0.39 is 0 Å². The van der Waals surface area contributed by atoms with Gasteiger partial charge in [0.05, 0.1) is 6.54 Å². The molecule has 1 unspecified atom stereocenters. The molecule has 1 saturated heterocycles. The molecular formula is C23H31N7. The van der Waals surface area contributed by atoms with Gasteiger partial charge in [-0.05, 0) is 48.6 Å². The van der Waals surface area contributed by atoms with Gasteiger partial charge in [-0.15, -0.1) is 10.2 Å². The zero-order valence-corrected chi connectivity index (χ0v) is 17.9. The lowest BCUT2D eigenvalue weighted by Crippen LogP contribution is -2.36. The van der Waals surface area contributed by atoms with Gasteiger partial charge in [-0.3, -0.25) is 14.3 Å². The van der Waals surface area contributed by atoms with E-state index in [0.717, 1.165) is 36.4 Å². The SMILES string of the molecule is CN=C(NCc1ccc(CN2CCCC(C)C2)cc1)NCc1nnc2ccccn12. The smallest absolute Gasteiger partial charge is 0.191 e. The second-order valence-corrected chi connectivity index (χ2v) is 8.12. The van der Waals surface area contributed by atoms with Gasteiger partial charge >= 0.3 is 0 Å². The molecule has 0 aliphatic carbocycles. The highest BCUT2D eigenvalue weighted by Crippen LogP contribution is 2.18. The third-order valence-electron chi connectivity index (χ3n) is 5.65. The molecule has 1 aliphatic rings. The summed E-state index contributed by atoms with van der Waals surface area (Å²) in [5.74, 6) is 2.41. The van der Waals surface area contributed by atoms with Crippen molar-refractivity contribution < 1.29 is 0 Å². The normalized spacial score (nSPS) is 17.9. The minimum atomic E-state index is 0.554. The van der Waals surface area contributed by atoms with Crippen molar-refractivity contribution in [2.75, 3.05) is 20.1 Å². The highest BCUT2D eigenvalue weighted by atomic mass is 15.3. The van der Waals surface area contributed by atoms with Crippen molar-refractivity contribution in [2.45, 2.75) is 39.4 Å². The lowest BCUT2D eigenvalue weighted by atomic mass is 9.99. The zero-order chi connectivity index (χ0) is 20.8. The van der Waals surface area contributed by atoms with Crippen LogP contribution in [-0.2, 0) is 19.6 Å². The number of aliphatic imine (C=N–C) groups is 1. The minimum Gasteiger partial charge on any atom is -0.352 e. The summed E-state index contributed by atoms with van der Waals surface area (Å²) in [7, 11) is 1.78. The molecule has 2 aromatic heterocycles. The van der Waals surface area contributed by atoms with E-state index >= 15 is 0 Å². The highest BCUT2D eigenvalue weighted by molar-refractivity contribution is 5.79. The molecule has 2 N–H and O–H groups in total. The fraction of sp³-hybridized carbons (Fsp3) is 0.435. The Morgan fingerprint density at radius 3 is 2.67 bits per heavy atom. The van der Waals surface area contributed by atoms with Crippen molar-refractivity contribution >= 4 is 11.6 Å². The molecule has 3 aromatic rings. The molecule has 0 bridgehead atoms. The standard InChI is InChI=1S/C23H31N7/c1-18-6-5-12-29(16-18)17-20-10-8-19(9-11-20)14-25-23(24-2)26-15-22-28-27-21-7-3-4-13-30(21)22/h3-4,7-11,13,18H,5-6,12,14-17H2,1-2H3,(H2,24,25,26). The molecule has 30 heavy (non-hydrogen) atoms. The van der Waals surface area contributed by atoms with Crippen molar-refractivity contribution in [1.29, 1.82) is 0 Å². The van der Waals surface area contributed by atoms with Crippen LogP contribution in [0.5, 0.6) is 0 Å². The van der Waals surface area contributed by atoms with Gasteiger partial charge in [-0.2, -0.15) is 0 Å². The summed E-state index contributed by atoms with van der Waals surface area (Å²) in [4.78, 5) is 6.89. The number of aromatic nitrogens is 3. The Morgan fingerprint density at radius 1 is 1.07 bits per heavy atom. The number of hydrogen-bond donors (Lipinski definition) is 2. The van der Waals surface area contributed by atoms with Gasteiger partial charge in [0.1, 0.15) is 0 Å². The van der Waals surface area contributed by atoms with E-state index in [9.17, 15) is 0 Å². The minimum absolute atomic E-state index is 0.554. The van der Waals surface area contributed by atoms with Crippen LogP contribution in [0.15, 0.2) is 53.7 Å². The first-order valence-corrected chi connectivity index (χ1v) is 10.7. The first-order chi connectivity index (χ1) is 14.7. The monoisotopic (exact) mass is 405 g/mol. The number of hydrogen-bond acceptors (Lipinski definition) is 4. The predicted molar refractivity (Wildman–Crippen MR) is 120 cm³/mol. The summed E-state index contributed by atoms with van der Waals surface area (Å²) >= 11 is 0. The lowest BCUT2D eigenvalue weighted by Gasteiger charge is -2.30. The molecule has 7 nitrogen and oxygen atoms in total. The fourth-order valence-electron chi connectivity index (χ4n) is 4.03. The summed E-state index contributed by atoms with van der Waals surface area (Å²) < 4.78 is 1.97. The number of guanidine groups is 1. The van der Waals surface area contributed by atoms with E-state index in [1.54, 1.807) is 7.05 Å². The fourth-order valence-corrected chi connectivity index (χ4v) is 4.03. The van der Waals surface area contributed by atoms with Gasteiger partial charge in [0.15, 0.2) is 17.4 Å². The van der Waals surface area contributed by atoms with Gasteiger partial charge in [-0.1, -0.05) is 37.3 Å². The first-order valence-electron chi connectivity index (χ1n) is 10.7. The Hall–Kier alpha value is -2.93. The van der Waals surface area contributed by atoms with Crippen molar-refractivity contribution in [2.24, 2.45) is 10.9 Å². The van der Waals surface area contributed by atoms with Crippen LogP contribution in [0.25, 0.3) is 5.65 Å². The van der Waals surface area contributed by atoms with Crippen LogP contribution in [0, 0.1) is 5.92 Å². The van der Waals surface area contributed by atoms with Crippen LogP contribution in [0.2, 0.25) is 0 Å². The summed E-state index contributed by atoms with van der Waals surface area (Å²) in [5, 5.41) is 15.1. The third-order valence-corrected chi connectivity index (χ3v) is 5.65. The summed E-state index contributed by atoms with van der Waals surface area (Å²) in [6, 6.07) is 14.8. The quantitative estimate of drug-likeness (QED) is 0.488. The Kier molecular flexibility index (Phi) is 6.59. The molecule has 4 rings (SSSR count). The highest BCUT2D eigenvalue weighted by Gasteiger charge is 2.16. The zero-order valence-electron chi connectivity index (χ0n) is 17.9. The molecule has 158 valence electrons. The third kappa shape index (κ3) is 5.16. The predicted octanol–water partition coefficient (Wildman–Crippen LogP) is 2.83. The topological polar surface area (TPSA) is 69.8 Å². The maximum Gasteiger partial charge on any atom is 0.191 e. The molecule has 1 fully saturated rings. The number of fused-ring (bicyclic) bond motifs is 1. The number of nitrogens with one attached hydrogen (secondary N) is 2. The van der Waals surface area contributed by atoms with Crippen LogP contribution in [0.3, 0.4) is 0 Å². The first kappa shape index (κ1) is 20.3. The number of rotatable bonds is 6. The number of piperidine rings is 1. The van der Waals surface area contributed by atoms with Crippen LogP contribution >= 0.6 is 0 Å². The average Bonchev–Trinajstić information content (AvgIpc) is 3.18. The number of likely N-dealkylation sites (tertiary alicyclic amines) is 1. The molecular weight excluding hydrogens is 374 g/mol. The van der Waals surface area contributed by atoms with E-state index in [4.69, 9.17) is 0 Å². The molecule has 1 aromatic carbocycles. The Morgan fingerprint density at radius 2 is 1.87 bits per heavy atom. The van der Waals surface area contributed by atoms with E-state index in [2.05, 4.69) is 61.9 Å². The summed E-state index contributed by atoms with van der Waals surface area (Å²) in [5.41, 5.74) is 3.46. The molecule has 0 spiro atoms. The van der Waals surface area contributed by atoms with E-state index in [1.807, 2.05) is 28.8 Å². The second-order valence-electron chi connectivity index (χ2n) is 8.12.